The molecule has 0 unspecified atom stereocenters. The minimum absolute atomic E-state index is 0.169. The van der Waals surface area contributed by atoms with Gasteiger partial charge in [0, 0.05) is 17.8 Å². The minimum Gasteiger partial charge on any atom is -0.461 e. The summed E-state index contributed by atoms with van der Waals surface area (Å²) in [5, 5.41) is 10.9. The van der Waals surface area contributed by atoms with Crippen LogP contribution in [0.1, 0.15) is 53.6 Å². The molecule has 114 valence electrons. The van der Waals surface area contributed by atoms with Crippen molar-refractivity contribution in [1.82, 2.24) is 20.0 Å². The van der Waals surface area contributed by atoms with Gasteiger partial charge in [-0.2, -0.15) is 0 Å². The second-order valence-corrected chi connectivity index (χ2v) is 5.69. The van der Waals surface area contributed by atoms with Crippen LogP contribution in [-0.4, -0.2) is 32.6 Å². The first-order chi connectivity index (χ1) is 10.1. The first-order valence-corrected chi connectivity index (χ1v) is 7.68. The van der Waals surface area contributed by atoms with E-state index in [-0.39, 0.29) is 12.2 Å². The summed E-state index contributed by atoms with van der Waals surface area (Å²) in [5.41, 5.74) is 7.34. The van der Waals surface area contributed by atoms with Crippen LogP contribution in [0.5, 0.6) is 0 Å². The number of nitrogens with zero attached hydrogens (tertiary/aromatic N) is 4. The Morgan fingerprint density at radius 3 is 2.86 bits per heavy atom. The van der Waals surface area contributed by atoms with E-state index in [2.05, 4.69) is 29.1 Å². The highest BCUT2D eigenvalue weighted by Crippen LogP contribution is 2.20. The molecule has 0 amide bonds. The van der Waals surface area contributed by atoms with Crippen LogP contribution in [0.25, 0.3) is 0 Å². The smallest absolute Gasteiger partial charge is 0.360 e. The van der Waals surface area contributed by atoms with E-state index in [0.717, 1.165) is 10.7 Å². The number of rotatable bonds is 6. The summed E-state index contributed by atoms with van der Waals surface area (Å²) in [4.78, 5) is 16.3. The summed E-state index contributed by atoms with van der Waals surface area (Å²) in [7, 11) is 0. The Morgan fingerprint density at radius 1 is 1.52 bits per heavy atom. The number of hydrogen-bond donors (Lipinski definition) is 1. The third-order valence-corrected chi connectivity index (χ3v) is 4.07. The molecular formula is C13H19N5O2S. The molecule has 2 aromatic rings. The summed E-state index contributed by atoms with van der Waals surface area (Å²) >= 11 is 1.62. The van der Waals surface area contributed by atoms with Crippen LogP contribution in [0.3, 0.4) is 0 Å². The molecule has 2 rings (SSSR count). The molecule has 0 aliphatic carbocycles. The second-order valence-electron chi connectivity index (χ2n) is 4.80. The van der Waals surface area contributed by atoms with E-state index in [1.165, 1.54) is 0 Å². The molecular weight excluding hydrogens is 290 g/mol. The lowest BCUT2D eigenvalue weighted by Gasteiger charge is -2.04. The number of nitrogens with two attached hydrogens (primary N) is 1. The van der Waals surface area contributed by atoms with E-state index in [1.54, 1.807) is 22.9 Å². The zero-order valence-electron chi connectivity index (χ0n) is 12.4. The topological polar surface area (TPSA) is 95.9 Å². The highest BCUT2D eigenvalue weighted by molar-refractivity contribution is 7.09. The largest absolute Gasteiger partial charge is 0.461 e. The summed E-state index contributed by atoms with van der Waals surface area (Å²) in [6.07, 6.45) is 0. The number of hydrogen-bond acceptors (Lipinski definition) is 7. The van der Waals surface area contributed by atoms with Crippen LogP contribution in [0, 0.1) is 0 Å². The van der Waals surface area contributed by atoms with Crippen molar-refractivity contribution in [2.24, 2.45) is 5.73 Å². The fraction of sp³-hybridized carbons (Fsp3) is 0.538. The molecule has 8 heteroatoms. The van der Waals surface area contributed by atoms with Crippen LogP contribution in [0.4, 0.5) is 0 Å². The Bertz CT molecular complexity index is 620. The molecule has 21 heavy (non-hydrogen) atoms. The summed E-state index contributed by atoms with van der Waals surface area (Å²) in [6, 6.07) is 0. The van der Waals surface area contributed by atoms with Crippen LogP contribution in [0.2, 0.25) is 0 Å². The predicted molar refractivity (Wildman–Crippen MR) is 79.2 cm³/mol. The number of aromatic nitrogens is 4. The van der Waals surface area contributed by atoms with Crippen molar-refractivity contribution in [3.63, 3.8) is 0 Å². The van der Waals surface area contributed by atoms with Gasteiger partial charge in [0.25, 0.3) is 0 Å². The molecule has 0 radical (unpaired) electrons. The molecule has 0 aromatic carbocycles. The SMILES string of the molecule is CCOC(=O)c1nnn(Cc2csc(C(C)C)n2)c1CN. The van der Waals surface area contributed by atoms with Crippen molar-refractivity contribution < 1.29 is 9.53 Å². The van der Waals surface area contributed by atoms with E-state index < -0.39 is 5.97 Å². The Morgan fingerprint density at radius 2 is 2.29 bits per heavy atom. The predicted octanol–water partition coefficient (Wildman–Crippen LogP) is 1.54. The number of carbonyl (C=O) groups is 1. The lowest BCUT2D eigenvalue weighted by atomic mass is 10.2. The third-order valence-electron chi connectivity index (χ3n) is 2.87. The Hall–Kier alpha value is -1.80. The van der Waals surface area contributed by atoms with Gasteiger partial charge in [-0.25, -0.2) is 14.5 Å². The fourth-order valence-corrected chi connectivity index (χ4v) is 2.66. The van der Waals surface area contributed by atoms with Gasteiger partial charge < -0.3 is 10.5 Å². The van der Waals surface area contributed by atoms with Crippen molar-refractivity contribution in [2.45, 2.75) is 39.8 Å². The van der Waals surface area contributed by atoms with Gasteiger partial charge in [-0.05, 0) is 6.92 Å². The highest BCUT2D eigenvalue weighted by Gasteiger charge is 2.20. The molecule has 2 N–H and O–H groups in total. The van der Waals surface area contributed by atoms with E-state index in [0.29, 0.717) is 24.8 Å². The van der Waals surface area contributed by atoms with Crippen LogP contribution >= 0.6 is 11.3 Å². The van der Waals surface area contributed by atoms with Gasteiger partial charge in [0.05, 0.1) is 29.5 Å². The van der Waals surface area contributed by atoms with Gasteiger partial charge in [-0.1, -0.05) is 19.1 Å². The van der Waals surface area contributed by atoms with Gasteiger partial charge >= 0.3 is 5.97 Å². The van der Waals surface area contributed by atoms with Crippen LogP contribution in [-0.2, 0) is 17.8 Å². The van der Waals surface area contributed by atoms with Crippen molar-refractivity contribution in [1.29, 1.82) is 0 Å². The summed E-state index contributed by atoms with van der Waals surface area (Å²) in [6.45, 7) is 6.85. The first kappa shape index (κ1) is 15.6. The monoisotopic (exact) mass is 309 g/mol. The molecule has 0 aliphatic rings. The normalized spacial score (nSPS) is 11.1. The fourth-order valence-electron chi connectivity index (χ4n) is 1.83. The van der Waals surface area contributed by atoms with Crippen molar-refractivity contribution >= 4 is 17.3 Å². The number of ether oxygens (including phenoxy) is 1. The van der Waals surface area contributed by atoms with Gasteiger partial charge in [0.1, 0.15) is 0 Å². The molecule has 0 fully saturated rings. The van der Waals surface area contributed by atoms with Gasteiger partial charge in [0.2, 0.25) is 0 Å². The van der Waals surface area contributed by atoms with Crippen molar-refractivity contribution in [2.75, 3.05) is 6.61 Å². The zero-order valence-corrected chi connectivity index (χ0v) is 13.2. The average molecular weight is 309 g/mol. The quantitative estimate of drug-likeness (QED) is 0.813. The lowest BCUT2D eigenvalue weighted by Crippen LogP contribution is -2.15. The Balaban J connectivity index is 2.21. The van der Waals surface area contributed by atoms with E-state index in [9.17, 15) is 4.79 Å². The molecule has 0 saturated heterocycles. The molecule has 0 spiro atoms. The number of esters is 1. The van der Waals surface area contributed by atoms with Gasteiger partial charge in [0.15, 0.2) is 5.69 Å². The summed E-state index contributed by atoms with van der Waals surface area (Å²) in [5.74, 6) is -0.103. The average Bonchev–Trinajstić information content (AvgIpc) is 3.06. The van der Waals surface area contributed by atoms with Gasteiger partial charge in [-0.15, -0.1) is 16.4 Å². The molecule has 2 aromatic heterocycles. The van der Waals surface area contributed by atoms with E-state index in [1.807, 2.05) is 5.38 Å². The maximum atomic E-state index is 11.8. The molecule has 0 atom stereocenters. The number of thiazole rings is 1. The molecule has 2 heterocycles. The summed E-state index contributed by atoms with van der Waals surface area (Å²) < 4.78 is 6.55. The molecule has 0 bridgehead atoms. The third kappa shape index (κ3) is 3.45. The maximum Gasteiger partial charge on any atom is 0.360 e. The van der Waals surface area contributed by atoms with Crippen LogP contribution < -0.4 is 5.73 Å². The zero-order chi connectivity index (χ0) is 15.4. The Labute approximate surface area is 127 Å². The minimum atomic E-state index is -0.495. The Kier molecular flexibility index (Phi) is 5.03. The lowest BCUT2D eigenvalue weighted by molar-refractivity contribution is 0.0518. The van der Waals surface area contributed by atoms with E-state index in [4.69, 9.17) is 10.5 Å². The van der Waals surface area contributed by atoms with Gasteiger partial charge in [-0.3, -0.25) is 0 Å². The molecule has 7 nitrogen and oxygen atoms in total. The molecule has 0 saturated carbocycles. The van der Waals surface area contributed by atoms with Crippen molar-refractivity contribution in [3.05, 3.63) is 27.5 Å². The molecule has 0 aliphatic heterocycles. The maximum absolute atomic E-state index is 11.8. The number of carbonyl (C=O) groups excluding carboxylic acids is 1. The second kappa shape index (κ2) is 6.77. The van der Waals surface area contributed by atoms with E-state index >= 15 is 0 Å². The van der Waals surface area contributed by atoms with Crippen LogP contribution in [0.15, 0.2) is 5.38 Å². The standard InChI is InChI=1S/C13H19N5O2S/c1-4-20-13(19)11-10(5-14)18(17-16-11)6-9-7-21-12(15-9)8(2)3/h7-8H,4-6,14H2,1-3H3. The highest BCUT2D eigenvalue weighted by atomic mass is 32.1. The first-order valence-electron chi connectivity index (χ1n) is 6.80. The van der Waals surface area contributed by atoms with Crippen molar-refractivity contribution in [3.8, 4) is 0 Å².